The van der Waals surface area contributed by atoms with Gasteiger partial charge in [-0.3, -0.25) is 5.32 Å². The average molecular weight is 287 g/mol. The molecule has 0 aliphatic heterocycles. The summed E-state index contributed by atoms with van der Waals surface area (Å²) in [7, 11) is 1.24. The lowest BCUT2D eigenvalue weighted by Gasteiger charge is -2.09. The third kappa shape index (κ3) is 3.73. The van der Waals surface area contributed by atoms with Crippen LogP contribution in [-0.4, -0.2) is 24.3 Å². The quantitative estimate of drug-likeness (QED) is 0.669. The van der Waals surface area contributed by atoms with Crippen LogP contribution in [0.4, 0.5) is 10.5 Å². The van der Waals surface area contributed by atoms with E-state index >= 15 is 0 Å². The number of hydrogen-bond donors (Lipinski definition) is 2. The first-order valence-corrected chi connectivity index (χ1v) is 6.05. The average Bonchev–Trinajstić information content (AvgIpc) is 2.49. The number of nitrogens with one attached hydrogen (secondary N) is 1. The van der Waals surface area contributed by atoms with Crippen molar-refractivity contribution in [2.45, 2.75) is 0 Å². The molecule has 6 heteroatoms. The van der Waals surface area contributed by atoms with Crippen molar-refractivity contribution < 1.29 is 24.2 Å². The van der Waals surface area contributed by atoms with Crippen molar-refractivity contribution in [1.29, 1.82) is 0 Å². The van der Waals surface area contributed by atoms with Gasteiger partial charge in [0.15, 0.2) is 0 Å². The number of para-hydroxylation sites is 1. The topological polar surface area (TPSA) is 84.9 Å². The number of anilines is 1. The van der Waals surface area contributed by atoms with Crippen molar-refractivity contribution in [2.75, 3.05) is 12.4 Å². The van der Waals surface area contributed by atoms with Gasteiger partial charge in [-0.05, 0) is 30.3 Å². The Labute approximate surface area is 120 Å². The van der Waals surface area contributed by atoms with Gasteiger partial charge in [-0.15, -0.1) is 0 Å². The molecular formula is C15H13NO5. The zero-order chi connectivity index (χ0) is 15.2. The number of phenols is 1. The predicted octanol–water partition coefficient (Wildman–Crippen LogP) is 2.79. The fraction of sp³-hybridized carbons (Fsp3) is 0.0667. The number of methoxy groups -OCH3 is 1. The normalized spacial score (nSPS) is 9.76. The van der Waals surface area contributed by atoms with Crippen molar-refractivity contribution in [3.05, 3.63) is 54.1 Å². The van der Waals surface area contributed by atoms with E-state index in [2.05, 4.69) is 10.1 Å². The molecule has 0 spiro atoms. The first kappa shape index (κ1) is 14.4. The van der Waals surface area contributed by atoms with Gasteiger partial charge in [-0.2, -0.15) is 0 Å². The van der Waals surface area contributed by atoms with E-state index in [0.717, 1.165) is 0 Å². The van der Waals surface area contributed by atoms with Gasteiger partial charge in [0.1, 0.15) is 11.5 Å². The van der Waals surface area contributed by atoms with E-state index in [9.17, 15) is 14.7 Å². The van der Waals surface area contributed by atoms with Crippen LogP contribution in [0.5, 0.6) is 11.5 Å². The molecule has 6 nitrogen and oxygen atoms in total. The fourth-order valence-electron chi connectivity index (χ4n) is 1.61. The van der Waals surface area contributed by atoms with Gasteiger partial charge in [0.25, 0.3) is 0 Å². The smallest absolute Gasteiger partial charge is 0.417 e. The second-order valence-corrected chi connectivity index (χ2v) is 4.05. The second kappa shape index (κ2) is 6.42. The summed E-state index contributed by atoms with van der Waals surface area (Å²) >= 11 is 0. The van der Waals surface area contributed by atoms with Crippen molar-refractivity contribution in [1.82, 2.24) is 0 Å². The lowest BCUT2D eigenvalue weighted by molar-refractivity contribution is 0.0600. The summed E-state index contributed by atoms with van der Waals surface area (Å²) in [6.07, 6.45) is -0.748. The van der Waals surface area contributed by atoms with Crippen LogP contribution in [0.3, 0.4) is 0 Å². The van der Waals surface area contributed by atoms with Crippen molar-refractivity contribution in [3.8, 4) is 11.5 Å². The van der Waals surface area contributed by atoms with Crippen molar-refractivity contribution in [3.63, 3.8) is 0 Å². The number of phenolic OH excluding ortho intramolecular Hbond substituents is 1. The van der Waals surface area contributed by atoms with Crippen LogP contribution >= 0.6 is 0 Å². The summed E-state index contributed by atoms with van der Waals surface area (Å²) in [5.74, 6) is -0.465. The molecule has 0 atom stereocenters. The van der Waals surface area contributed by atoms with Crippen LogP contribution in [-0.2, 0) is 4.74 Å². The number of ether oxygens (including phenoxy) is 2. The maximum atomic E-state index is 11.7. The minimum absolute atomic E-state index is 0.128. The van der Waals surface area contributed by atoms with Gasteiger partial charge >= 0.3 is 12.1 Å². The van der Waals surface area contributed by atoms with E-state index in [1.54, 1.807) is 30.3 Å². The third-order valence-electron chi connectivity index (χ3n) is 2.61. The Hall–Kier alpha value is -3.02. The van der Waals surface area contributed by atoms with Gasteiger partial charge in [0.05, 0.1) is 18.4 Å². The molecule has 0 heterocycles. The standard InChI is InChI=1S/C15H13NO5/c1-20-14(18)10-7-8-12(13(17)9-10)16-15(19)21-11-5-3-2-4-6-11/h2-9,17H,1H3,(H,16,19). The highest BCUT2D eigenvalue weighted by molar-refractivity contribution is 5.93. The van der Waals surface area contributed by atoms with E-state index < -0.39 is 12.1 Å². The molecule has 0 radical (unpaired) electrons. The molecule has 0 aliphatic carbocycles. The second-order valence-electron chi connectivity index (χ2n) is 4.05. The highest BCUT2D eigenvalue weighted by atomic mass is 16.6. The van der Waals surface area contributed by atoms with Gasteiger partial charge < -0.3 is 14.6 Å². The molecule has 0 saturated carbocycles. The Morgan fingerprint density at radius 3 is 2.43 bits per heavy atom. The van der Waals surface area contributed by atoms with E-state index in [-0.39, 0.29) is 17.0 Å². The van der Waals surface area contributed by atoms with Crippen LogP contribution in [0.25, 0.3) is 0 Å². The molecule has 0 aliphatic rings. The number of hydrogen-bond acceptors (Lipinski definition) is 5. The number of aromatic hydroxyl groups is 1. The predicted molar refractivity (Wildman–Crippen MR) is 75.5 cm³/mol. The first-order valence-electron chi connectivity index (χ1n) is 6.05. The summed E-state index contributed by atoms with van der Waals surface area (Å²) in [4.78, 5) is 23.0. The molecule has 2 aromatic carbocycles. The molecule has 2 aromatic rings. The molecule has 108 valence electrons. The molecule has 1 amide bonds. The molecule has 0 saturated heterocycles. The van der Waals surface area contributed by atoms with E-state index in [1.165, 1.54) is 25.3 Å². The van der Waals surface area contributed by atoms with Crippen LogP contribution in [0, 0.1) is 0 Å². The number of carbonyl (C=O) groups excluding carboxylic acids is 2. The molecular weight excluding hydrogens is 274 g/mol. The minimum Gasteiger partial charge on any atom is -0.506 e. The zero-order valence-corrected chi connectivity index (χ0v) is 11.2. The maximum absolute atomic E-state index is 11.7. The third-order valence-corrected chi connectivity index (χ3v) is 2.61. The lowest BCUT2D eigenvalue weighted by Crippen LogP contribution is -2.16. The van der Waals surface area contributed by atoms with Gasteiger partial charge in [-0.25, -0.2) is 9.59 Å². The van der Waals surface area contributed by atoms with Crippen LogP contribution < -0.4 is 10.1 Å². The molecule has 0 fully saturated rings. The van der Waals surface area contributed by atoms with Crippen LogP contribution in [0.1, 0.15) is 10.4 Å². The van der Waals surface area contributed by atoms with Crippen molar-refractivity contribution in [2.24, 2.45) is 0 Å². The Morgan fingerprint density at radius 1 is 1.10 bits per heavy atom. The molecule has 0 unspecified atom stereocenters. The largest absolute Gasteiger partial charge is 0.506 e. The summed E-state index contributed by atoms with van der Waals surface area (Å²) in [6.45, 7) is 0. The first-order chi connectivity index (χ1) is 10.1. The number of carbonyl (C=O) groups is 2. The fourth-order valence-corrected chi connectivity index (χ4v) is 1.61. The lowest BCUT2D eigenvalue weighted by atomic mass is 10.2. The van der Waals surface area contributed by atoms with Crippen LogP contribution in [0.2, 0.25) is 0 Å². The molecule has 2 N–H and O–H groups in total. The van der Waals surface area contributed by atoms with Gasteiger partial charge in [-0.1, -0.05) is 18.2 Å². The van der Waals surface area contributed by atoms with Gasteiger partial charge in [0.2, 0.25) is 0 Å². The number of amides is 1. The monoisotopic (exact) mass is 287 g/mol. The number of benzene rings is 2. The highest BCUT2D eigenvalue weighted by Gasteiger charge is 2.12. The highest BCUT2D eigenvalue weighted by Crippen LogP contribution is 2.25. The molecule has 0 aromatic heterocycles. The zero-order valence-electron chi connectivity index (χ0n) is 11.2. The summed E-state index contributed by atoms with van der Waals surface area (Å²) in [5, 5.41) is 12.2. The molecule has 2 rings (SSSR count). The Morgan fingerprint density at radius 2 is 1.81 bits per heavy atom. The number of rotatable bonds is 3. The summed E-state index contributed by atoms with van der Waals surface area (Å²) in [6, 6.07) is 12.5. The Bertz CT molecular complexity index is 654. The Balaban J connectivity index is 2.06. The van der Waals surface area contributed by atoms with Gasteiger partial charge in [0, 0.05) is 0 Å². The summed E-state index contributed by atoms with van der Waals surface area (Å²) < 4.78 is 9.55. The number of esters is 1. The molecule has 0 bridgehead atoms. The SMILES string of the molecule is COC(=O)c1ccc(NC(=O)Oc2ccccc2)c(O)c1. The van der Waals surface area contributed by atoms with Crippen molar-refractivity contribution >= 4 is 17.7 Å². The van der Waals surface area contributed by atoms with E-state index in [0.29, 0.717) is 5.75 Å². The Kier molecular flexibility index (Phi) is 4.40. The maximum Gasteiger partial charge on any atom is 0.417 e. The summed E-state index contributed by atoms with van der Waals surface area (Å²) in [5.41, 5.74) is 0.306. The molecule has 21 heavy (non-hydrogen) atoms. The van der Waals surface area contributed by atoms with Crippen LogP contribution in [0.15, 0.2) is 48.5 Å². The van der Waals surface area contributed by atoms with E-state index in [4.69, 9.17) is 4.74 Å². The van der Waals surface area contributed by atoms with E-state index in [1.807, 2.05) is 0 Å². The minimum atomic E-state index is -0.748.